The molecule has 4 heteroatoms. The van der Waals surface area contributed by atoms with Gasteiger partial charge in [-0.3, -0.25) is 4.79 Å². The second kappa shape index (κ2) is 6.86. The first-order chi connectivity index (χ1) is 9.54. The van der Waals surface area contributed by atoms with E-state index in [0.29, 0.717) is 12.2 Å². The zero-order valence-corrected chi connectivity index (χ0v) is 12.5. The quantitative estimate of drug-likeness (QED) is 0.869. The first kappa shape index (κ1) is 15.0. The van der Waals surface area contributed by atoms with E-state index in [2.05, 4.69) is 30.5 Å². The molecule has 1 amide bonds. The van der Waals surface area contributed by atoms with Gasteiger partial charge >= 0.3 is 0 Å². The fourth-order valence-corrected chi connectivity index (χ4v) is 2.55. The second-order valence-electron chi connectivity index (χ2n) is 5.58. The van der Waals surface area contributed by atoms with Gasteiger partial charge in [0.1, 0.15) is 0 Å². The van der Waals surface area contributed by atoms with Crippen LogP contribution in [-0.2, 0) is 9.53 Å². The Labute approximate surface area is 120 Å². The lowest BCUT2D eigenvalue weighted by molar-refractivity contribution is -0.114. The number of amides is 1. The van der Waals surface area contributed by atoms with E-state index in [9.17, 15) is 4.79 Å². The smallest absolute Gasteiger partial charge is 0.221 e. The minimum atomic E-state index is -0.0453. The van der Waals surface area contributed by atoms with Crippen molar-refractivity contribution >= 4 is 11.6 Å². The van der Waals surface area contributed by atoms with Crippen LogP contribution in [0.25, 0.3) is 0 Å². The minimum Gasteiger partial charge on any atom is -0.374 e. The lowest BCUT2D eigenvalue weighted by Gasteiger charge is -2.18. The molecule has 1 saturated heterocycles. The molecule has 1 aliphatic heterocycles. The maximum Gasteiger partial charge on any atom is 0.221 e. The van der Waals surface area contributed by atoms with E-state index in [1.165, 1.54) is 12.5 Å². The third-order valence-electron chi connectivity index (χ3n) is 3.68. The van der Waals surface area contributed by atoms with E-state index >= 15 is 0 Å². The van der Waals surface area contributed by atoms with Crippen molar-refractivity contribution < 1.29 is 9.53 Å². The molecule has 4 nitrogen and oxygen atoms in total. The third-order valence-corrected chi connectivity index (χ3v) is 3.68. The van der Waals surface area contributed by atoms with Gasteiger partial charge in [0, 0.05) is 25.2 Å². The van der Waals surface area contributed by atoms with Gasteiger partial charge in [-0.15, -0.1) is 0 Å². The molecular formula is C16H24N2O2. The molecular weight excluding hydrogens is 252 g/mol. The molecule has 2 N–H and O–H groups in total. The molecule has 1 aromatic rings. The summed E-state index contributed by atoms with van der Waals surface area (Å²) in [7, 11) is 0. The molecule has 3 unspecified atom stereocenters. The fraction of sp³-hybridized carbons (Fsp3) is 0.562. The molecule has 0 radical (unpaired) electrons. The highest BCUT2D eigenvalue weighted by Crippen LogP contribution is 2.21. The van der Waals surface area contributed by atoms with E-state index in [4.69, 9.17) is 4.74 Å². The van der Waals surface area contributed by atoms with Crippen LogP contribution >= 0.6 is 0 Å². The third kappa shape index (κ3) is 4.32. The summed E-state index contributed by atoms with van der Waals surface area (Å²) in [5.74, 6) is -0.0453. The molecule has 0 saturated carbocycles. The number of hydrogen-bond donors (Lipinski definition) is 2. The summed E-state index contributed by atoms with van der Waals surface area (Å²) in [5, 5.41) is 6.32. The van der Waals surface area contributed by atoms with Gasteiger partial charge < -0.3 is 15.4 Å². The van der Waals surface area contributed by atoms with Crippen molar-refractivity contribution in [3.05, 3.63) is 29.8 Å². The van der Waals surface area contributed by atoms with Crippen molar-refractivity contribution in [1.29, 1.82) is 0 Å². The number of rotatable bonds is 5. The van der Waals surface area contributed by atoms with E-state index in [-0.39, 0.29) is 11.9 Å². The van der Waals surface area contributed by atoms with Crippen molar-refractivity contribution in [3.8, 4) is 0 Å². The topological polar surface area (TPSA) is 50.4 Å². The lowest BCUT2D eigenvalue weighted by Crippen LogP contribution is -2.29. The number of nitrogens with one attached hydrogen (secondary N) is 2. The van der Waals surface area contributed by atoms with Gasteiger partial charge in [-0.1, -0.05) is 12.1 Å². The van der Waals surface area contributed by atoms with Crippen LogP contribution in [0.2, 0.25) is 0 Å². The fourth-order valence-electron chi connectivity index (χ4n) is 2.55. The molecule has 1 aromatic carbocycles. The summed E-state index contributed by atoms with van der Waals surface area (Å²) in [5.41, 5.74) is 2.01. The van der Waals surface area contributed by atoms with Crippen molar-refractivity contribution in [3.63, 3.8) is 0 Å². The molecule has 1 fully saturated rings. The maximum atomic E-state index is 11.1. The van der Waals surface area contributed by atoms with Gasteiger partial charge in [0.05, 0.1) is 12.2 Å². The molecule has 20 heavy (non-hydrogen) atoms. The highest BCUT2D eigenvalue weighted by molar-refractivity contribution is 5.88. The van der Waals surface area contributed by atoms with E-state index in [1.54, 1.807) is 0 Å². The first-order valence-electron chi connectivity index (χ1n) is 7.31. The average molecular weight is 276 g/mol. The maximum absolute atomic E-state index is 11.1. The van der Waals surface area contributed by atoms with Gasteiger partial charge in [0.25, 0.3) is 0 Å². The van der Waals surface area contributed by atoms with Crippen LogP contribution in [-0.4, -0.2) is 24.7 Å². The molecule has 1 aliphatic rings. The second-order valence-corrected chi connectivity index (χ2v) is 5.58. The largest absolute Gasteiger partial charge is 0.374 e. The summed E-state index contributed by atoms with van der Waals surface area (Å²) in [6.45, 7) is 6.65. The molecule has 2 rings (SSSR count). The van der Waals surface area contributed by atoms with Crippen LogP contribution in [0.5, 0.6) is 0 Å². The molecule has 0 spiro atoms. The Hall–Kier alpha value is -1.39. The van der Waals surface area contributed by atoms with Crippen molar-refractivity contribution in [2.45, 2.75) is 51.9 Å². The van der Waals surface area contributed by atoms with Crippen molar-refractivity contribution in [2.24, 2.45) is 0 Å². The van der Waals surface area contributed by atoms with Crippen LogP contribution in [0, 0.1) is 0 Å². The van der Waals surface area contributed by atoms with Crippen molar-refractivity contribution in [1.82, 2.24) is 5.32 Å². The van der Waals surface area contributed by atoms with Crippen LogP contribution in [0.4, 0.5) is 5.69 Å². The molecule has 0 aromatic heterocycles. The minimum absolute atomic E-state index is 0.0453. The van der Waals surface area contributed by atoms with E-state index < -0.39 is 0 Å². The molecule has 0 bridgehead atoms. The Morgan fingerprint density at radius 1 is 1.45 bits per heavy atom. The van der Waals surface area contributed by atoms with Crippen LogP contribution < -0.4 is 10.6 Å². The molecule has 110 valence electrons. The highest BCUT2D eigenvalue weighted by atomic mass is 16.5. The normalized spacial score (nSPS) is 23.6. The summed E-state index contributed by atoms with van der Waals surface area (Å²) in [6, 6.07) is 8.19. The standard InChI is InChI=1S/C16H24N2O2/c1-11-7-8-16(20-11)10-17-12(2)14-5-4-6-15(9-14)18-13(3)19/h4-6,9,11-12,16-17H,7-8,10H2,1-3H3,(H,18,19). The monoisotopic (exact) mass is 276 g/mol. The number of carbonyl (C=O) groups is 1. The van der Waals surface area contributed by atoms with Gasteiger partial charge in [0.15, 0.2) is 0 Å². The number of benzene rings is 1. The van der Waals surface area contributed by atoms with E-state index in [0.717, 1.165) is 25.1 Å². The van der Waals surface area contributed by atoms with Gasteiger partial charge in [-0.2, -0.15) is 0 Å². The Morgan fingerprint density at radius 3 is 2.90 bits per heavy atom. The average Bonchev–Trinajstić information content (AvgIpc) is 2.81. The zero-order valence-electron chi connectivity index (χ0n) is 12.5. The molecule has 1 heterocycles. The van der Waals surface area contributed by atoms with Gasteiger partial charge in [-0.05, 0) is 44.4 Å². The van der Waals surface area contributed by atoms with Crippen LogP contribution in [0.3, 0.4) is 0 Å². The van der Waals surface area contributed by atoms with Gasteiger partial charge in [0.2, 0.25) is 5.91 Å². The molecule has 3 atom stereocenters. The number of hydrogen-bond acceptors (Lipinski definition) is 3. The van der Waals surface area contributed by atoms with Crippen LogP contribution in [0.1, 0.15) is 45.2 Å². The zero-order chi connectivity index (χ0) is 14.5. The number of anilines is 1. The Morgan fingerprint density at radius 2 is 2.25 bits per heavy atom. The summed E-state index contributed by atoms with van der Waals surface area (Å²) < 4.78 is 5.80. The SMILES string of the molecule is CC(=O)Nc1cccc(C(C)NCC2CCC(C)O2)c1. The number of carbonyl (C=O) groups excluding carboxylic acids is 1. The highest BCUT2D eigenvalue weighted by Gasteiger charge is 2.21. The summed E-state index contributed by atoms with van der Waals surface area (Å²) >= 11 is 0. The summed E-state index contributed by atoms with van der Waals surface area (Å²) in [6.07, 6.45) is 3.00. The Kier molecular flexibility index (Phi) is 5.15. The first-order valence-corrected chi connectivity index (χ1v) is 7.31. The van der Waals surface area contributed by atoms with Crippen molar-refractivity contribution in [2.75, 3.05) is 11.9 Å². The predicted octanol–water partition coefficient (Wildman–Crippen LogP) is 2.86. The summed E-state index contributed by atoms with van der Waals surface area (Å²) in [4.78, 5) is 11.1. The molecule has 0 aliphatic carbocycles. The Balaban J connectivity index is 1.88. The van der Waals surface area contributed by atoms with E-state index in [1.807, 2.05) is 18.2 Å². The van der Waals surface area contributed by atoms with Crippen LogP contribution in [0.15, 0.2) is 24.3 Å². The predicted molar refractivity (Wildman–Crippen MR) is 80.7 cm³/mol. The lowest BCUT2D eigenvalue weighted by atomic mass is 10.1. The van der Waals surface area contributed by atoms with Gasteiger partial charge in [-0.25, -0.2) is 0 Å². The Bertz CT molecular complexity index is 462. The number of ether oxygens (including phenoxy) is 1.